The Labute approximate surface area is 306 Å². The highest BCUT2D eigenvalue weighted by atomic mass is 16.4. The summed E-state index contributed by atoms with van der Waals surface area (Å²) in [5.74, 6) is -6.81. The molecule has 5 heterocycles. The normalized spacial score (nSPS) is 12.6. The van der Waals surface area contributed by atoms with Gasteiger partial charge in [-0.15, -0.1) is 0 Å². The van der Waals surface area contributed by atoms with Crippen LogP contribution in [-0.2, 0) is 48.0 Å². The Morgan fingerprint density at radius 1 is 0.463 bits per heavy atom. The van der Waals surface area contributed by atoms with E-state index in [2.05, 4.69) is 9.97 Å². The third-order valence-electron chi connectivity index (χ3n) is 9.48. The van der Waals surface area contributed by atoms with E-state index in [0.29, 0.717) is 55.8 Å². The Morgan fingerprint density at radius 2 is 0.870 bits per heavy atom. The first-order valence-corrected chi connectivity index (χ1v) is 17.0. The third-order valence-corrected chi connectivity index (χ3v) is 9.48. The average molecular weight is 743 g/mol. The quantitative estimate of drug-likeness (QED) is 0.0921. The van der Waals surface area contributed by atoms with Gasteiger partial charge in [0.1, 0.15) is 0 Å². The lowest BCUT2D eigenvalue weighted by atomic mass is 9.97. The first-order valence-electron chi connectivity index (χ1n) is 17.0. The number of carboxylic acids is 6. The minimum atomic E-state index is -1.23. The van der Waals surface area contributed by atoms with Crippen LogP contribution in [0.2, 0.25) is 0 Å². The van der Waals surface area contributed by atoms with Gasteiger partial charge in [0.05, 0.1) is 35.6 Å². The van der Waals surface area contributed by atoms with Crippen molar-refractivity contribution < 1.29 is 59.4 Å². The van der Waals surface area contributed by atoms with Crippen molar-refractivity contribution in [2.24, 2.45) is 0 Å². The van der Waals surface area contributed by atoms with Crippen molar-refractivity contribution >= 4 is 80.2 Å². The predicted octanol–water partition coefficient (Wildman–Crippen LogP) is 5.33. The van der Waals surface area contributed by atoms with E-state index in [1.54, 1.807) is 32.0 Å². The van der Waals surface area contributed by atoms with Gasteiger partial charge >= 0.3 is 35.8 Å². The van der Waals surface area contributed by atoms with Gasteiger partial charge < -0.3 is 40.6 Å². The van der Waals surface area contributed by atoms with E-state index in [9.17, 15) is 59.4 Å². The molecule has 0 spiro atoms. The van der Waals surface area contributed by atoms with Crippen molar-refractivity contribution in [3.8, 4) is 0 Å². The number of aromatic amines is 2. The molecule has 54 heavy (non-hydrogen) atoms. The molecule has 5 rings (SSSR count). The number of carboxylic acid groups (broad SMARTS) is 6. The zero-order valence-electron chi connectivity index (χ0n) is 29.4. The maximum Gasteiger partial charge on any atom is 0.307 e. The molecule has 0 saturated heterocycles. The van der Waals surface area contributed by atoms with Crippen LogP contribution in [0.4, 0.5) is 0 Å². The van der Waals surface area contributed by atoms with Gasteiger partial charge in [0.2, 0.25) is 0 Å². The molecule has 3 aromatic rings. The topological polar surface area (TPSA) is 281 Å². The third kappa shape index (κ3) is 8.71. The van der Waals surface area contributed by atoms with Crippen molar-refractivity contribution in [3.63, 3.8) is 0 Å². The second-order valence-corrected chi connectivity index (χ2v) is 13.1. The highest BCUT2D eigenvalue weighted by Crippen LogP contribution is 2.39. The van der Waals surface area contributed by atoms with Crippen molar-refractivity contribution in [3.05, 3.63) is 69.3 Å². The molecule has 0 saturated carbocycles. The van der Waals surface area contributed by atoms with Gasteiger partial charge in [0.15, 0.2) is 0 Å². The Balaban J connectivity index is 2.00. The summed E-state index contributed by atoms with van der Waals surface area (Å²) in [6.45, 7) is 3.54. The van der Waals surface area contributed by atoms with Gasteiger partial charge in [-0.05, 0) is 108 Å². The van der Waals surface area contributed by atoms with Gasteiger partial charge in [0.25, 0.3) is 0 Å². The van der Waals surface area contributed by atoms with E-state index in [-0.39, 0.29) is 84.9 Å². The summed E-state index contributed by atoms with van der Waals surface area (Å²) in [5, 5.41) is 58.2. The summed E-state index contributed by atoms with van der Waals surface area (Å²) in [4.78, 5) is 87.4. The second-order valence-electron chi connectivity index (χ2n) is 13.1. The van der Waals surface area contributed by atoms with Gasteiger partial charge in [-0.25, -0.2) is 9.97 Å². The lowest BCUT2D eigenvalue weighted by Gasteiger charge is -2.06. The summed E-state index contributed by atoms with van der Waals surface area (Å²) in [6.07, 6.45) is -2.28. The van der Waals surface area contributed by atoms with Crippen LogP contribution >= 0.6 is 0 Å². The number of carbonyl (C=O) groups is 6. The zero-order chi connectivity index (χ0) is 39.4. The summed E-state index contributed by atoms with van der Waals surface area (Å²) >= 11 is 0. The number of hydrogen-bond acceptors (Lipinski definition) is 8. The predicted molar refractivity (Wildman–Crippen MR) is 194 cm³/mol. The maximum absolute atomic E-state index is 12.2. The highest BCUT2D eigenvalue weighted by molar-refractivity contribution is 6.00. The van der Waals surface area contributed by atoms with Crippen LogP contribution in [0.5, 0.6) is 0 Å². The summed E-state index contributed by atoms with van der Waals surface area (Å²) in [6, 6.07) is 6.40. The number of nitrogens with zero attached hydrogens (tertiary/aromatic N) is 2. The van der Waals surface area contributed by atoms with Crippen molar-refractivity contribution in [1.29, 1.82) is 0 Å². The Bertz CT molecular complexity index is 2340. The highest BCUT2D eigenvalue weighted by Gasteiger charge is 2.26. The van der Waals surface area contributed by atoms with E-state index in [4.69, 9.17) is 9.97 Å². The number of allylic oxidation sites excluding steroid dienone is 3. The fourth-order valence-corrected chi connectivity index (χ4v) is 6.89. The number of rotatable bonds is 16. The molecule has 2 aliphatic heterocycles. The molecule has 0 unspecified atom stereocenters. The maximum atomic E-state index is 12.2. The van der Waals surface area contributed by atoms with Crippen molar-refractivity contribution in [1.82, 2.24) is 19.9 Å². The van der Waals surface area contributed by atoms with Crippen LogP contribution in [0, 0.1) is 6.92 Å². The van der Waals surface area contributed by atoms with Gasteiger partial charge in [-0.3, -0.25) is 28.8 Å². The zero-order valence-corrected chi connectivity index (χ0v) is 29.4. The molecule has 0 radical (unpaired) electrons. The number of hydrogen-bond donors (Lipinski definition) is 8. The first-order chi connectivity index (χ1) is 25.5. The van der Waals surface area contributed by atoms with Crippen molar-refractivity contribution in [2.45, 2.75) is 78.1 Å². The molecule has 0 atom stereocenters. The smallest absolute Gasteiger partial charge is 0.307 e. The molecule has 16 heteroatoms. The van der Waals surface area contributed by atoms with Gasteiger partial charge in [-0.1, -0.05) is 0 Å². The Morgan fingerprint density at radius 3 is 1.44 bits per heavy atom. The number of H-pyrrole nitrogens is 2. The van der Waals surface area contributed by atoms with E-state index in [1.807, 2.05) is 0 Å². The number of nitrogens with one attached hydrogen (secondary N) is 2. The molecule has 0 amide bonds. The largest absolute Gasteiger partial charge is 0.481 e. The Hall–Kier alpha value is -6.58. The van der Waals surface area contributed by atoms with Crippen LogP contribution in [0.3, 0.4) is 0 Å². The fourth-order valence-electron chi connectivity index (χ4n) is 6.89. The van der Waals surface area contributed by atoms with E-state index in [0.717, 1.165) is 0 Å². The standard InChI is InChI=1S/C38H38N4O12/c1-17-19(3-7-33(43)44)27-13-25-18(2)20(4-8-34(45)46)28(40-25)15-31-24(12-38(53)54)22(6-10-36(49)50)30(42-31)16-32-23(11-37(51)52)21(5-9-35(47)48)29(41-32)14-26(17)39-27/h13-16,39,42H,3-12H2,1-2H3,(H,43,44)(H,45,46)(H,47,48)(H,49,50)(H,51,52)(H,53,54). The fraction of sp³-hybridized carbons (Fsp3) is 0.316. The minimum Gasteiger partial charge on any atom is -0.481 e. The molecule has 282 valence electrons. The van der Waals surface area contributed by atoms with Gasteiger partial charge in [-0.2, -0.15) is 0 Å². The van der Waals surface area contributed by atoms with Crippen LogP contribution in [0.15, 0.2) is 24.3 Å². The van der Waals surface area contributed by atoms with Crippen LogP contribution in [0.25, 0.3) is 44.4 Å². The summed E-state index contributed by atoms with van der Waals surface area (Å²) in [5.41, 5.74) is 6.27. The summed E-state index contributed by atoms with van der Waals surface area (Å²) in [7, 11) is 0. The van der Waals surface area contributed by atoms with Crippen LogP contribution < -0.4 is 0 Å². The molecule has 0 aliphatic carbocycles. The molecule has 0 fully saturated rings. The SMILES string of the molecule is CC1=C(CCC(=O)O)c2cc3[nH]c(cc4nc(cc5[nH]c(cc1n2)c(CCC(=O)O)c5C)C(CCC(=O)O)=C4CC(=O)O)c(CCC(=O)O)c3CC(=O)O. The second kappa shape index (κ2) is 16.0. The molecule has 8 bridgehead atoms. The molecule has 3 aromatic heterocycles. The van der Waals surface area contributed by atoms with E-state index >= 15 is 0 Å². The van der Waals surface area contributed by atoms with E-state index in [1.165, 1.54) is 6.07 Å². The van der Waals surface area contributed by atoms with E-state index < -0.39 is 48.7 Å². The minimum absolute atomic E-state index is 0.0694. The number of aromatic nitrogens is 4. The monoisotopic (exact) mass is 742 g/mol. The molecule has 0 aromatic carbocycles. The lowest BCUT2D eigenvalue weighted by molar-refractivity contribution is -0.138. The van der Waals surface area contributed by atoms with Crippen LogP contribution in [0.1, 0.15) is 96.9 Å². The van der Waals surface area contributed by atoms with Crippen molar-refractivity contribution in [2.75, 3.05) is 0 Å². The molecule has 2 aliphatic rings. The number of fused-ring (bicyclic) bond motifs is 8. The Kier molecular flexibility index (Phi) is 11.4. The van der Waals surface area contributed by atoms with Crippen LogP contribution in [-0.4, -0.2) is 86.4 Å². The molecule has 16 nitrogen and oxygen atoms in total. The molecular weight excluding hydrogens is 704 g/mol. The summed E-state index contributed by atoms with van der Waals surface area (Å²) < 4.78 is 0. The molecule has 8 N–H and O–H groups in total. The lowest BCUT2D eigenvalue weighted by Crippen LogP contribution is -2.04. The number of aryl methyl sites for hydroxylation is 3. The first kappa shape index (κ1) is 38.6. The molecular formula is C38H38N4O12. The van der Waals surface area contributed by atoms with Gasteiger partial charge in [0, 0.05) is 47.8 Å². The number of aliphatic carboxylic acids is 6. The average Bonchev–Trinajstić information content (AvgIpc) is 3.74.